The van der Waals surface area contributed by atoms with Gasteiger partial charge in [0.2, 0.25) is 10.0 Å². The fourth-order valence-electron chi connectivity index (χ4n) is 3.08. The van der Waals surface area contributed by atoms with Gasteiger partial charge in [-0.05, 0) is 54.4 Å². The van der Waals surface area contributed by atoms with Crippen molar-refractivity contribution in [3.63, 3.8) is 0 Å². The molecule has 1 aliphatic carbocycles. The number of hydrogen-bond acceptors (Lipinski definition) is 6. The molecule has 5 N–H and O–H groups in total. The Morgan fingerprint density at radius 2 is 2.11 bits per heavy atom. The second-order valence-electron chi connectivity index (χ2n) is 6.67. The molecule has 0 saturated heterocycles. The summed E-state index contributed by atoms with van der Waals surface area (Å²) in [7, 11) is -3.73. The molecule has 0 saturated carbocycles. The molecule has 0 amide bonds. The summed E-state index contributed by atoms with van der Waals surface area (Å²) in [5, 5.41) is 8.22. The average molecular weight is 401 g/mol. The van der Waals surface area contributed by atoms with Gasteiger partial charge in [0.25, 0.3) is 11.5 Å². The number of allylic oxidation sites excluding steroid dienone is 2. The van der Waals surface area contributed by atoms with Crippen molar-refractivity contribution in [1.82, 2.24) is 15.0 Å². The third-order valence-corrected chi connectivity index (χ3v) is 5.51. The van der Waals surface area contributed by atoms with Crippen molar-refractivity contribution in [3.05, 3.63) is 42.7 Å². The fourth-order valence-corrected chi connectivity index (χ4v) is 3.60. The highest BCUT2D eigenvalue weighted by molar-refractivity contribution is 7.89. The van der Waals surface area contributed by atoms with Crippen LogP contribution in [0.4, 0.5) is 11.6 Å². The van der Waals surface area contributed by atoms with Crippen molar-refractivity contribution in [2.24, 2.45) is 11.1 Å². The van der Waals surface area contributed by atoms with Crippen LogP contribution in [-0.4, -0.2) is 30.0 Å². The zero-order chi connectivity index (χ0) is 19.6. The van der Waals surface area contributed by atoms with Gasteiger partial charge in [0.05, 0.1) is 23.5 Å². The van der Waals surface area contributed by atoms with Crippen LogP contribution in [0.5, 0.6) is 5.88 Å². The molecule has 1 unspecified atom stereocenters. The lowest BCUT2D eigenvalue weighted by Gasteiger charge is -2.17. The first-order chi connectivity index (χ1) is 13.5. The highest BCUT2D eigenvalue weighted by Gasteiger charge is 2.19. The summed E-state index contributed by atoms with van der Waals surface area (Å²) in [4.78, 5) is 14.8. The van der Waals surface area contributed by atoms with Crippen LogP contribution in [0.2, 0.25) is 0 Å². The molecule has 0 aliphatic heterocycles. The summed E-state index contributed by atoms with van der Waals surface area (Å²) in [5.41, 5.74) is 1.86. The minimum absolute atomic E-state index is 0.0447. The Labute approximate surface area is 162 Å². The Morgan fingerprint density at radius 3 is 2.82 bits per heavy atom. The largest absolute Gasteiger partial charge is 0.466 e. The van der Waals surface area contributed by atoms with Crippen LogP contribution >= 0.6 is 0 Å². The number of nitrogens with zero attached hydrogens (tertiary/aromatic N) is 2. The molecule has 10 heteroatoms. The van der Waals surface area contributed by atoms with E-state index in [1.54, 1.807) is 18.5 Å². The van der Waals surface area contributed by atoms with E-state index in [4.69, 9.17) is 9.88 Å². The predicted octanol–water partition coefficient (Wildman–Crippen LogP) is 1.90. The SMILES string of the molecule is NS(=O)(=O)c1ccc(Nc2nc3nc[nH]c3c(OCC3CC=CCC3)[nH+]2)cc1. The van der Waals surface area contributed by atoms with Crippen molar-refractivity contribution < 1.29 is 18.1 Å². The number of fused-ring (bicyclic) bond motifs is 1. The standard InChI is InChI=1S/C18H20N6O3S/c19-28(25,26)14-8-6-13(7-9-14)22-18-23-16-15(20-11-21-16)17(24-18)27-10-12-4-2-1-3-5-12/h1-2,6-9,11-12H,3-5,10H2,(H2,19,25,26)(H2,20,21,22,23,24)/p+1. The zero-order valence-electron chi connectivity index (χ0n) is 15.1. The number of rotatable bonds is 6. The molecule has 9 nitrogen and oxygen atoms in total. The number of hydrogen-bond donors (Lipinski definition) is 3. The summed E-state index contributed by atoms with van der Waals surface area (Å²) < 4.78 is 28.8. The monoisotopic (exact) mass is 401 g/mol. The van der Waals surface area contributed by atoms with E-state index in [0.29, 0.717) is 41.2 Å². The molecule has 2 aromatic heterocycles. The topological polar surface area (TPSA) is 137 Å². The van der Waals surface area contributed by atoms with Crippen LogP contribution in [0.25, 0.3) is 11.2 Å². The number of benzene rings is 1. The quantitative estimate of drug-likeness (QED) is 0.540. The molecule has 2 heterocycles. The first-order valence-electron chi connectivity index (χ1n) is 8.93. The maximum atomic E-state index is 11.4. The Kier molecular flexibility index (Phi) is 4.97. The second-order valence-corrected chi connectivity index (χ2v) is 8.23. The fraction of sp³-hybridized carbons (Fsp3) is 0.278. The van der Waals surface area contributed by atoms with E-state index in [2.05, 4.69) is 37.4 Å². The molecule has 1 aromatic carbocycles. The maximum Gasteiger partial charge on any atom is 0.399 e. The van der Waals surface area contributed by atoms with E-state index in [9.17, 15) is 8.42 Å². The van der Waals surface area contributed by atoms with Crippen LogP contribution in [0.3, 0.4) is 0 Å². The second kappa shape index (κ2) is 7.56. The summed E-state index contributed by atoms with van der Waals surface area (Å²) in [6.45, 7) is 0.599. The molecule has 0 radical (unpaired) electrons. The van der Waals surface area contributed by atoms with Gasteiger partial charge in [0.1, 0.15) is 0 Å². The number of anilines is 2. The van der Waals surface area contributed by atoms with Gasteiger partial charge in [-0.2, -0.15) is 0 Å². The van der Waals surface area contributed by atoms with Gasteiger partial charge in [0.15, 0.2) is 5.52 Å². The lowest BCUT2D eigenvalue weighted by molar-refractivity contribution is -0.380. The van der Waals surface area contributed by atoms with E-state index in [-0.39, 0.29) is 4.90 Å². The number of sulfonamides is 1. The van der Waals surface area contributed by atoms with Crippen LogP contribution in [-0.2, 0) is 10.0 Å². The Bertz CT molecular complexity index is 1110. The van der Waals surface area contributed by atoms with Gasteiger partial charge in [0, 0.05) is 0 Å². The van der Waals surface area contributed by atoms with E-state index >= 15 is 0 Å². The summed E-state index contributed by atoms with van der Waals surface area (Å²) in [6, 6.07) is 6.08. The van der Waals surface area contributed by atoms with Crippen LogP contribution in [0.15, 0.2) is 47.6 Å². The van der Waals surface area contributed by atoms with Gasteiger partial charge in [-0.25, -0.2) is 28.8 Å². The van der Waals surface area contributed by atoms with Crippen molar-refractivity contribution in [2.45, 2.75) is 24.2 Å². The smallest absolute Gasteiger partial charge is 0.399 e. The molecule has 3 aromatic rings. The minimum Gasteiger partial charge on any atom is -0.466 e. The highest BCUT2D eigenvalue weighted by atomic mass is 32.2. The molecular weight excluding hydrogens is 380 g/mol. The number of aromatic nitrogens is 4. The molecular formula is C18H21N6O3S+. The Morgan fingerprint density at radius 1 is 1.29 bits per heavy atom. The van der Waals surface area contributed by atoms with Gasteiger partial charge >= 0.3 is 5.95 Å². The van der Waals surface area contributed by atoms with Crippen molar-refractivity contribution in [2.75, 3.05) is 11.9 Å². The van der Waals surface area contributed by atoms with Crippen LogP contribution in [0.1, 0.15) is 19.3 Å². The average Bonchev–Trinajstić information content (AvgIpc) is 3.15. The third kappa shape index (κ3) is 4.12. The van der Waals surface area contributed by atoms with Crippen LogP contribution < -0.4 is 20.2 Å². The number of H-pyrrole nitrogens is 2. The summed E-state index contributed by atoms with van der Waals surface area (Å²) in [5.74, 6) is 1.47. The first-order valence-corrected chi connectivity index (χ1v) is 10.5. The lowest BCUT2D eigenvalue weighted by atomic mass is 9.95. The Balaban J connectivity index is 1.55. The van der Waals surface area contributed by atoms with E-state index < -0.39 is 10.0 Å². The van der Waals surface area contributed by atoms with E-state index in [0.717, 1.165) is 19.3 Å². The van der Waals surface area contributed by atoms with Crippen molar-refractivity contribution in [3.8, 4) is 5.88 Å². The third-order valence-electron chi connectivity index (χ3n) is 4.58. The molecule has 0 fully saturated rings. The normalized spacial score (nSPS) is 17.0. The molecule has 1 aliphatic rings. The number of primary sulfonamides is 1. The first kappa shape index (κ1) is 18.4. The predicted molar refractivity (Wildman–Crippen MR) is 104 cm³/mol. The van der Waals surface area contributed by atoms with Crippen molar-refractivity contribution in [1.29, 1.82) is 0 Å². The molecule has 146 valence electrons. The summed E-state index contributed by atoms with van der Waals surface area (Å²) >= 11 is 0. The van der Waals surface area contributed by atoms with E-state index in [1.165, 1.54) is 12.1 Å². The van der Waals surface area contributed by atoms with Crippen molar-refractivity contribution >= 4 is 32.8 Å². The summed E-state index contributed by atoms with van der Waals surface area (Å²) in [6.07, 6.45) is 9.15. The molecule has 4 rings (SSSR count). The minimum atomic E-state index is -3.73. The molecule has 1 atom stereocenters. The molecule has 0 spiro atoms. The molecule has 0 bridgehead atoms. The van der Waals surface area contributed by atoms with Gasteiger partial charge in [-0.15, -0.1) is 0 Å². The Hall–Kier alpha value is -2.98. The van der Waals surface area contributed by atoms with Gasteiger partial charge in [-0.3, -0.25) is 0 Å². The highest BCUT2D eigenvalue weighted by Crippen LogP contribution is 2.23. The zero-order valence-corrected chi connectivity index (χ0v) is 15.9. The maximum absolute atomic E-state index is 11.4. The van der Waals surface area contributed by atoms with Crippen LogP contribution in [0, 0.1) is 5.92 Å². The molecule has 28 heavy (non-hydrogen) atoms. The number of ether oxygens (including phenoxy) is 1. The van der Waals surface area contributed by atoms with E-state index in [1.807, 2.05) is 0 Å². The number of imidazole rings is 1. The van der Waals surface area contributed by atoms with Gasteiger partial charge in [-0.1, -0.05) is 12.2 Å². The number of nitrogens with two attached hydrogens (primary N) is 1. The number of aromatic amines is 2. The number of nitrogens with one attached hydrogen (secondary N) is 3. The van der Waals surface area contributed by atoms with Gasteiger partial charge < -0.3 is 9.72 Å². The lowest BCUT2D eigenvalue weighted by Crippen LogP contribution is -2.21.